The molecular weight excluding hydrogens is 292 g/mol. The molecule has 23 heavy (non-hydrogen) atoms. The topological polar surface area (TPSA) is 78.2 Å². The number of amides is 1. The minimum atomic E-state index is -0.532. The lowest BCUT2D eigenvalue weighted by molar-refractivity contribution is 0.0288. The molecule has 1 aromatic heterocycles. The summed E-state index contributed by atoms with van der Waals surface area (Å²) in [4.78, 5) is 18.1. The van der Waals surface area contributed by atoms with Crippen LogP contribution in [0.1, 0.15) is 32.0 Å². The molecule has 1 amide bonds. The quantitative estimate of drug-likeness (QED) is 0.925. The number of nitrogens with one attached hydrogen (secondary N) is 1. The molecule has 0 saturated carbocycles. The molecule has 2 rings (SSSR count). The number of aromatic nitrogens is 1. The summed E-state index contributed by atoms with van der Waals surface area (Å²) in [6.07, 6.45) is 1.39. The molecule has 0 aromatic carbocycles. The Labute approximate surface area is 137 Å². The van der Waals surface area contributed by atoms with Crippen LogP contribution in [0.5, 0.6) is 0 Å². The molecule has 1 aromatic rings. The van der Waals surface area contributed by atoms with E-state index in [1.165, 1.54) is 0 Å². The number of nitrogens with zero attached hydrogens (tertiary/aromatic N) is 3. The highest BCUT2D eigenvalue weighted by molar-refractivity contribution is 5.68. The van der Waals surface area contributed by atoms with Crippen LogP contribution in [0.2, 0.25) is 0 Å². The first-order valence-corrected chi connectivity index (χ1v) is 7.81. The van der Waals surface area contributed by atoms with E-state index >= 15 is 0 Å². The van der Waals surface area contributed by atoms with Crippen LogP contribution < -0.4 is 5.32 Å². The van der Waals surface area contributed by atoms with Gasteiger partial charge in [-0.3, -0.25) is 4.98 Å². The summed E-state index contributed by atoms with van der Waals surface area (Å²) in [5, 5.41) is 12.7. The molecule has 0 aliphatic carbocycles. The van der Waals surface area contributed by atoms with Crippen molar-refractivity contribution in [2.24, 2.45) is 5.92 Å². The number of pyridine rings is 1. The second-order valence-electron chi connectivity index (χ2n) is 6.88. The normalized spacial score (nSPS) is 21.1. The van der Waals surface area contributed by atoms with Crippen LogP contribution in [0.25, 0.3) is 0 Å². The summed E-state index contributed by atoms with van der Waals surface area (Å²) >= 11 is 0. The third-order valence-electron chi connectivity index (χ3n) is 3.79. The first kappa shape index (κ1) is 17.2. The Morgan fingerprint density at radius 1 is 1.52 bits per heavy atom. The van der Waals surface area contributed by atoms with Crippen LogP contribution in [0.15, 0.2) is 18.3 Å². The van der Waals surface area contributed by atoms with Crippen molar-refractivity contribution in [2.75, 3.05) is 13.1 Å². The number of nitriles is 1. The van der Waals surface area contributed by atoms with Gasteiger partial charge in [0.15, 0.2) is 0 Å². The van der Waals surface area contributed by atoms with Crippen LogP contribution >= 0.6 is 0 Å². The van der Waals surface area contributed by atoms with E-state index in [1.54, 1.807) is 11.1 Å². The molecule has 0 bridgehead atoms. The third kappa shape index (κ3) is 4.67. The zero-order chi connectivity index (χ0) is 17.0. The Morgan fingerprint density at radius 2 is 2.26 bits per heavy atom. The average molecular weight is 316 g/mol. The lowest BCUT2D eigenvalue weighted by Gasteiger charge is -2.24. The number of carbonyl (C=O) groups excluding carboxylic acids is 1. The fourth-order valence-electron chi connectivity index (χ4n) is 2.55. The average Bonchev–Trinajstić information content (AvgIpc) is 2.88. The maximum absolute atomic E-state index is 12.2. The van der Waals surface area contributed by atoms with Crippen LogP contribution in [0.4, 0.5) is 4.79 Å². The van der Waals surface area contributed by atoms with Gasteiger partial charge in [-0.2, -0.15) is 5.26 Å². The summed E-state index contributed by atoms with van der Waals surface area (Å²) in [6.45, 7) is 8.96. The number of hydrogen-bond acceptors (Lipinski definition) is 5. The standard InChI is InChI=1S/C17H24N4O2/c1-12-6-5-7-19-14(12)9-20-15-11-21(10-13(15)8-18)16(22)23-17(2,3)4/h5-7,13,15,20H,9-11H2,1-4H3. The Hall–Kier alpha value is -2.13. The largest absolute Gasteiger partial charge is 0.444 e. The smallest absolute Gasteiger partial charge is 0.410 e. The fraction of sp³-hybridized carbons (Fsp3) is 0.588. The number of rotatable bonds is 3. The van der Waals surface area contributed by atoms with Crippen molar-refractivity contribution in [1.29, 1.82) is 5.26 Å². The van der Waals surface area contributed by atoms with Crippen molar-refractivity contribution < 1.29 is 9.53 Å². The van der Waals surface area contributed by atoms with E-state index in [-0.39, 0.29) is 18.1 Å². The summed E-state index contributed by atoms with van der Waals surface area (Å²) in [7, 11) is 0. The summed E-state index contributed by atoms with van der Waals surface area (Å²) in [6, 6.07) is 6.11. The first-order chi connectivity index (χ1) is 10.8. The highest BCUT2D eigenvalue weighted by atomic mass is 16.6. The zero-order valence-electron chi connectivity index (χ0n) is 14.2. The summed E-state index contributed by atoms with van der Waals surface area (Å²) in [5.41, 5.74) is 1.53. The summed E-state index contributed by atoms with van der Waals surface area (Å²) < 4.78 is 5.38. The maximum atomic E-state index is 12.2. The molecule has 1 N–H and O–H groups in total. The molecule has 6 heteroatoms. The molecule has 1 saturated heterocycles. The fourth-order valence-corrected chi connectivity index (χ4v) is 2.55. The number of aryl methyl sites for hydroxylation is 1. The molecule has 6 nitrogen and oxygen atoms in total. The van der Waals surface area contributed by atoms with Gasteiger partial charge in [-0.25, -0.2) is 4.79 Å². The molecular formula is C17H24N4O2. The van der Waals surface area contributed by atoms with Gasteiger partial charge in [-0.15, -0.1) is 0 Å². The number of carbonyl (C=O) groups is 1. The van der Waals surface area contributed by atoms with E-state index in [4.69, 9.17) is 4.74 Å². The van der Waals surface area contributed by atoms with Crippen molar-refractivity contribution in [2.45, 2.75) is 45.9 Å². The van der Waals surface area contributed by atoms with Crippen LogP contribution in [-0.2, 0) is 11.3 Å². The maximum Gasteiger partial charge on any atom is 0.410 e. The van der Waals surface area contributed by atoms with Crippen LogP contribution in [0, 0.1) is 24.2 Å². The SMILES string of the molecule is Cc1cccnc1CNC1CN(C(=O)OC(C)(C)C)CC1C#N. The Bertz CT molecular complexity index is 603. The predicted octanol–water partition coefficient (Wildman–Crippen LogP) is 2.24. The van der Waals surface area contributed by atoms with Gasteiger partial charge in [-0.05, 0) is 39.3 Å². The van der Waals surface area contributed by atoms with Crippen molar-refractivity contribution in [3.05, 3.63) is 29.6 Å². The Morgan fingerprint density at radius 3 is 2.87 bits per heavy atom. The first-order valence-electron chi connectivity index (χ1n) is 7.81. The summed E-state index contributed by atoms with van der Waals surface area (Å²) in [5.74, 6) is -0.244. The molecule has 1 fully saturated rings. The minimum absolute atomic E-state index is 0.0751. The molecule has 124 valence electrons. The molecule has 1 aliphatic rings. The van der Waals surface area contributed by atoms with E-state index in [0.717, 1.165) is 11.3 Å². The van der Waals surface area contributed by atoms with Crippen molar-refractivity contribution >= 4 is 6.09 Å². The molecule has 0 spiro atoms. The predicted molar refractivity (Wildman–Crippen MR) is 86.5 cm³/mol. The second-order valence-corrected chi connectivity index (χ2v) is 6.88. The van der Waals surface area contributed by atoms with Gasteiger partial charge in [0.1, 0.15) is 5.60 Å². The van der Waals surface area contributed by atoms with E-state index < -0.39 is 5.60 Å². The van der Waals surface area contributed by atoms with Crippen molar-refractivity contribution in [1.82, 2.24) is 15.2 Å². The molecule has 2 unspecified atom stereocenters. The van der Waals surface area contributed by atoms with E-state index in [1.807, 2.05) is 39.8 Å². The molecule has 1 aliphatic heterocycles. The Balaban J connectivity index is 1.96. The highest BCUT2D eigenvalue weighted by Gasteiger charge is 2.37. The van der Waals surface area contributed by atoms with Gasteiger partial charge in [0.25, 0.3) is 0 Å². The monoisotopic (exact) mass is 316 g/mol. The number of likely N-dealkylation sites (tertiary alicyclic amines) is 1. The van der Waals surface area contributed by atoms with Gasteiger partial charge in [0.05, 0.1) is 17.7 Å². The van der Waals surface area contributed by atoms with Crippen molar-refractivity contribution in [3.63, 3.8) is 0 Å². The van der Waals surface area contributed by atoms with Gasteiger partial charge < -0.3 is 15.0 Å². The number of ether oxygens (including phenoxy) is 1. The van der Waals surface area contributed by atoms with Gasteiger partial charge in [0, 0.05) is 31.9 Å². The minimum Gasteiger partial charge on any atom is -0.444 e. The Kier molecular flexibility index (Phi) is 5.22. The van der Waals surface area contributed by atoms with E-state index in [2.05, 4.69) is 16.4 Å². The van der Waals surface area contributed by atoms with E-state index in [9.17, 15) is 10.1 Å². The number of hydrogen-bond donors (Lipinski definition) is 1. The highest BCUT2D eigenvalue weighted by Crippen LogP contribution is 2.20. The lowest BCUT2D eigenvalue weighted by atomic mass is 10.1. The van der Waals surface area contributed by atoms with Crippen molar-refractivity contribution in [3.8, 4) is 6.07 Å². The third-order valence-corrected chi connectivity index (χ3v) is 3.79. The zero-order valence-corrected chi connectivity index (χ0v) is 14.2. The molecule has 2 atom stereocenters. The van der Waals surface area contributed by atoms with Gasteiger partial charge >= 0.3 is 6.09 Å². The van der Waals surface area contributed by atoms with Crippen LogP contribution in [-0.4, -0.2) is 40.7 Å². The lowest BCUT2D eigenvalue weighted by Crippen LogP contribution is -2.38. The van der Waals surface area contributed by atoms with Crippen LogP contribution in [0.3, 0.4) is 0 Å². The second kappa shape index (κ2) is 6.97. The van der Waals surface area contributed by atoms with Gasteiger partial charge in [-0.1, -0.05) is 6.07 Å². The molecule has 2 heterocycles. The van der Waals surface area contributed by atoms with E-state index in [0.29, 0.717) is 19.6 Å². The van der Waals surface area contributed by atoms with Gasteiger partial charge in [0.2, 0.25) is 0 Å². The molecule has 0 radical (unpaired) electrons.